The van der Waals surface area contributed by atoms with Crippen molar-refractivity contribution in [1.29, 1.82) is 0 Å². The Morgan fingerprint density at radius 1 is 1.04 bits per heavy atom. The second-order valence-electron chi connectivity index (χ2n) is 8.38. The molecule has 2 saturated heterocycles. The number of likely N-dealkylation sites (tertiary alicyclic amines) is 1. The first-order chi connectivity index (χ1) is 13.2. The third kappa shape index (κ3) is 3.84. The maximum atomic E-state index is 13.2. The predicted octanol–water partition coefficient (Wildman–Crippen LogP) is 3.02. The van der Waals surface area contributed by atoms with Gasteiger partial charge in [-0.25, -0.2) is 4.79 Å². The van der Waals surface area contributed by atoms with Crippen molar-refractivity contribution in [2.75, 3.05) is 31.6 Å². The Bertz CT molecular complexity index is 768. The summed E-state index contributed by atoms with van der Waals surface area (Å²) in [5.41, 5.74) is -0.889. The molecule has 0 saturated carbocycles. The number of ketones is 1. The van der Waals surface area contributed by atoms with E-state index in [1.165, 1.54) is 0 Å². The van der Waals surface area contributed by atoms with Gasteiger partial charge in [0.05, 0.1) is 7.11 Å². The number of rotatable bonds is 2. The van der Waals surface area contributed by atoms with Crippen LogP contribution in [0.15, 0.2) is 24.3 Å². The number of methoxy groups -OCH3 is 1. The molecule has 1 atom stereocenters. The third-order valence-corrected chi connectivity index (χ3v) is 5.40. The van der Waals surface area contributed by atoms with Gasteiger partial charge in [-0.3, -0.25) is 9.59 Å². The second kappa shape index (κ2) is 7.45. The molecule has 7 nitrogen and oxygen atoms in total. The number of nitrogens with zero attached hydrogens (tertiary/aromatic N) is 2. The summed E-state index contributed by atoms with van der Waals surface area (Å²) in [7, 11) is 1.59. The van der Waals surface area contributed by atoms with Gasteiger partial charge >= 0.3 is 6.09 Å². The molecule has 0 aromatic heterocycles. The smallest absolute Gasteiger partial charge is 0.410 e. The Kier molecular flexibility index (Phi) is 5.37. The average Bonchev–Trinajstić information content (AvgIpc) is 2.87. The van der Waals surface area contributed by atoms with Crippen LogP contribution >= 0.6 is 0 Å². The van der Waals surface area contributed by atoms with Gasteiger partial charge in [-0.15, -0.1) is 0 Å². The van der Waals surface area contributed by atoms with Gasteiger partial charge in [0.15, 0.2) is 0 Å². The monoisotopic (exact) mass is 388 g/mol. The van der Waals surface area contributed by atoms with Crippen LogP contribution in [0.25, 0.3) is 0 Å². The van der Waals surface area contributed by atoms with Crippen LogP contribution in [0.1, 0.15) is 40.0 Å². The van der Waals surface area contributed by atoms with Crippen molar-refractivity contribution in [1.82, 2.24) is 4.90 Å². The molecule has 3 rings (SSSR count). The normalized spacial score (nSPS) is 23.1. The second-order valence-corrected chi connectivity index (χ2v) is 8.38. The van der Waals surface area contributed by atoms with E-state index in [0.29, 0.717) is 31.7 Å². The minimum atomic E-state index is -1.04. The maximum absolute atomic E-state index is 13.2. The molecule has 1 spiro atoms. The molecule has 1 aromatic carbocycles. The molecule has 152 valence electrons. The van der Waals surface area contributed by atoms with Crippen LogP contribution in [-0.4, -0.2) is 55.0 Å². The lowest BCUT2D eigenvalue weighted by Gasteiger charge is -2.27. The molecular weight excluding hydrogens is 360 g/mol. The van der Waals surface area contributed by atoms with Crippen LogP contribution < -0.4 is 9.64 Å². The largest absolute Gasteiger partial charge is 0.497 e. The molecule has 28 heavy (non-hydrogen) atoms. The Morgan fingerprint density at radius 2 is 1.68 bits per heavy atom. The maximum Gasteiger partial charge on any atom is 0.410 e. The molecular formula is C21H28N2O5. The summed E-state index contributed by atoms with van der Waals surface area (Å²) in [6, 6.07) is 7.24. The van der Waals surface area contributed by atoms with Crippen LogP contribution in [0.4, 0.5) is 10.5 Å². The van der Waals surface area contributed by atoms with Gasteiger partial charge in [-0.2, -0.15) is 0 Å². The fourth-order valence-electron chi connectivity index (χ4n) is 3.83. The molecule has 0 aliphatic carbocycles. The van der Waals surface area contributed by atoms with Gasteiger partial charge in [-0.1, -0.05) is 0 Å². The summed E-state index contributed by atoms with van der Waals surface area (Å²) in [6.45, 7) is 6.53. The van der Waals surface area contributed by atoms with E-state index in [-0.39, 0.29) is 24.7 Å². The molecule has 0 radical (unpaired) electrons. The highest BCUT2D eigenvalue weighted by molar-refractivity contribution is 6.14. The summed E-state index contributed by atoms with van der Waals surface area (Å²) in [4.78, 5) is 41.8. The SMILES string of the molecule is COc1ccc(N2CCC3(CCN(C(=O)OC(C)(C)C)CCC3=O)C2=O)cc1. The number of benzene rings is 1. The minimum Gasteiger partial charge on any atom is -0.497 e. The van der Waals surface area contributed by atoms with E-state index in [1.54, 1.807) is 29.0 Å². The van der Waals surface area contributed by atoms with E-state index >= 15 is 0 Å². The molecule has 2 fully saturated rings. The molecule has 1 aromatic rings. The zero-order valence-corrected chi connectivity index (χ0v) is 17.0. The Labute approximate surface area is 165 Å². The van der Waals surface area contributed by atoms with Crippen LogP contribution in [0.3, 0.4) is 0 Å². The van der Waals surface area contributed by atoms with E-state index in [2.05, 4.69) is 0 Å². The number of ether oxygens (including phenoxy) is 2. The van der Waals surface area contributed by atoms with Gasteiger partial charge in [0.25, 0.3) is 0 Å². The summed E-state index contributed by atoms with van der Waals surface area (Å²) >= 11 is 0. The van der Waals surface area contributed by atoms with E-state index in [4.69, 9.17) is 9.47 Å². The highest BCUT2D eigenvalue weighted by atomic mass is 16.6. The molecule has 2 amide bonds. The highest BCUT2D eigenvalue weighted by Gasteiger charge is 2.53. The van der Waals surface area contributed by atoms with Gasteiger partial charge in [-0.05, 0) is 57.9 Å². The predicted molar refractivity (Wildman–Crippen MR) is 104 cm³/mol. The molecule has 0 bridgehead atoms. The quantitative estimate of drug-likeness (QED) is 0.728. The molecule has 0 N–H and O–H groups in total. The van der Waals surface area contributed by atoms with Crippen molar-refractivity contribution in [3.63, 3.8) is 0 Å². The first-order valence-electron chi connectivity index (χ1n) is 9.63. The number of anilines is 1. The third-order valence-electron chi connectivity index (χ3n) is 5.40. The molecule has 2 heterocycles. The van der Waals surface area contributed by atoms with Crippen molar-refractivity contribution in [3.8, 4) is 5.75 Å². The van der Waals surface area contributed by atoms with Crippen LogP contribution in [-0.2, 0) is 14.3 Å². The molecule has 2 aliphatic heterocycles. The lowest BCUT2D eigenvalue weighted by Crippen LogP contribution is -2.41. The van der Waals surface area contributed by atoms with Crippen molar-refractivity contribution >= 4 is 23.5 Å². The first kappa shape index (κ1) is 20.2. The molecule has 7 heteroatoms. The van der Waals surface area contributed by atoms with Crippen molar-refractivity contribution in [2.24, 2.45) is 5.41 Å². The topological polar surface area (TPSA) is 76.2 Å². The fourth-order valence-corrected chi connectivity index (χ4v) is 3.83. The number of hydrogen-bond acceptors (Lipinski definition) is 5. The Hall–Kier alpha value is -2.57. The van der Waals surface area contributed by atoms with E-state index in [0.717, 1.165) is 5.69 Å². The van der Waals surface area contributed by atoms with E-state index < -0.39 is 17.1 Å². The van der Waals surface area contributed by atoms with Crippen molar-refractivity contribution in [3.05, 3.63) is 24.3 Å². The van der Waals surface area contributed by atoms with Gasteiger partial charge in [0, 0.05) is 31.7 Å². The Morgan fingerprint density at radius 3 is 2.29 bits per heavy atom. The van der Waals surface area contributed by atoms with Crippen LogP contribution in [0, 0.1) is 5.41 Å². The average molecular weight is 388 g/mol. The summed E-state index contributed by atoms with van der Waals surface area (Å²) in [6.07, 6.45) is 0.534. The van der Waals surface area contributed by atoms with Gasteiger partial charge < -0.3 is 19.3 Å². The van der Waals surface area contributed by atoms with E-state index in [1.807, 2.05) is 32.9 Å². The molecule has 1 unspecified atom stereocenters. The summed E-state index contributed by atoms with van der Waals surface area (Å²) in [5.74, 6) is 0.455. The zero-order valence-electron chi connectivity index (χ0n) is 17.0. The van der Waals surface area contributed by atoms with Gasteiger partial charge in [0.1, 0.15) is 22.5 Å². The number of Topliss-reactive ketones (excluding diaryl/α,β-unsaturated/α-hetero) is 1. The lowest BCUT2D eigenvalue weighted by molar-refractivity contribution is -0.138. The zero-order chi connectivity index (χ0) is 20.5. The van der Waals surface area contributed by atoms with E-state index in [9.17, 15) is 14.4 Å². The number of amides is 2. The van der Waals surface area contributed by atoms with Crippen LogP contribution in [0.5, 0.6) is 5.75 Å². The molecule has 2 aliphatic rings. The highest BCUT2D eigenvalue weighted by Crippen LogP contribution is 2.41. The number of carbonyl (C=O) groups excluding carboxylic acids is 3. The number of carbonyl (C=O) groups is 3. The first-order valence-corrected chi connectivity index (χ1v) is 9.63. The summed E-state index contributed by atoms with van der Waals surface area (Å²) < 4.78 is 10.6. The summed E-state index contributed by atoms with van der Waals surface area (Å²) in [5, 5.41) is 0. The van der Waals surface area contributed by atoms with Crippen molar-refractivity contribution < 1.29 is 23.9 Å². The minimum absolute atomic E-state index is 0.0837. The number of hydrogen-bond donors (Lipinski definition) is 0. The van der Waals surface area contributed by atoms with Crippen molar-refractivity contribution in [2.45, 2.75) is 45.6 Å². The fraction of sp³-hybridized carbons (Fsp3) is 0.571. The van der Waals surface area contributed by atoms with Gasteiger partial charge in [0.2, 0.25) is 5.91 Å². The van der Waals surface area contributed by atoms with Crippen LogP contribution in [0.2, 0.25) is 0 Å². The standard InChI is InChI=1S/C21H28N2O5/c1-20(2,3)28-19(26)22-12-9-17(24)21(10-13-22)11-14-23(18(21)25)15-5-7-16(27-4)8-6-15/h5-8H,9-14H2,1-4H3. The Balaban J connectivity index is 1.75. The lowest BCUT2D eigenvalue weighted by atomic mass is 9.78.